The highest BCUT2D eigenvalue weighted by molar-refractivity contribution is 5.59. The predicted molar refractivity (Wildman–Crippen MR) is 116 cm³/mol. The van der Waals surface area contributed by atoms with Crippen molar-refractivity contribution in [3.05, 3.63) is 59.8 Å². The molecule has 31 heavy (non-hydrogen) atoms. The maximum atomic E-state index is 5.58. The first-order valence-electron chi connectivity index (χ1n) is 11.2. The lowest BCUT2D eigenvalue weighted by Crippen LogP contribution is -2.48. The molecule has 2 aromatic heterocycles. The topological polar surface area (TPSA) is 56.3 Å². The summed E-state index contributed by atoms with van der Waals surface area (Å²) in [6.45, 7) is 7.00. The van der Waals surface area contributed by atoms with E-state index < -0.39 is 0 Å². The Morgan fingerprint density at radius 2 is 1.94 bits per heavy atom. The van der Waals surface area contributed by atoms with E-state index in [1.165, 1.54) is 13.1 Å². The van der Waals surface area contributed by atoms with Gasteiger partial charge in [-0.2, -0.15) is 0 Å². The quantitative estimate of drug-likeness (QED) is 0.601. The van der Waals surface area contributed by atoms with Gasteiger partial charge in [-0.15, -0.1) is 0 Å². The van der Waals surface area contributed by atoms with E-state index in [2.05, 4.69) is 62.6 Å². The van der Waals surface area contributed by atoms with Gasteiger partial charge in [0.25, 0.3) is 0 Å². The second kappa shape index (κ2) is 7.67. The number of piperidine rings is 1. The molecule has 2 saturated heterocycles. The van der Waals surface area contributed by atoms with Crippen LogP contribution in [0.25, 0.3) is 11.3 Å². The van der Waals surface area contributed by atoms with Crippen molar-refractivity contribution in [1.29, 1.82) is 0 Å². The number of rotatable bonds is 5. The van der Waals surface area contributed by atoms with Gasteiger partial charge in [0.05, 0.1) is 25.8 Å². The highest BCUT2D eigenvalue weighted by Crippen LogP contribution is 2.52. The van der Waals surface area contributed by atoms with Gasteiger partial charge in [-0.05, 0) is 36.1 Å². The van der Waals surface area contributed by atoms with Crippen molar-refractivity contribution in [3.63, 3.8) is 0 Å². The molecule has 3 aliphatic rings. The third kappa shape index (κ3) is 3.58. The Bertz CT molecular complexity index is 1120. The first-order chi connectivity index (χ1) is 15.3. The Morgan fingerprint density at radius 1 is 1.13 bits per heavy atom. The van der Waals surface area contributed by atoms with Crippen LogP contribution in [-0.4, -0.2) is 52.0 Å². The number of hydrogen-bond acceptors (Lipinski definition) is 5. The van der Waals surface area contributed by atoms with Crippen molar-refractivity contribution >= 4 is 0 Å². The molecule has 0 radical (unpaired) electrons. The Balaban J connectivity index is 1.07. The maximum absolute atomic E-state index is 5.58. The molecule has 0 bridgehead atoms. The van der Waals surface area contributed by atoms with Gasteiger partial charge in [0, 0.05) is 55.0 Å². The third-order valence-corrected chi connectivity index (χ3v) is 6.92. The van der Waals surface area contributed by atoms with Crippen LogP contribution in [0.4, 0.5) is 0 Å². The minimum atomic E-state index is 0.574. The van der Waals surface area contributed by atoms with E-state index in [1.54, 1.807) is 0 Å². The van der Waals surface area contributed by atoms with E-state index in [0.29, 0.717) is 18.5 Å². The Labute approximate surface area is 182 Å². The normalized spacial score (nSPS) is 25.0. The van der Waals surface area contributed by atoms with Crippen LogP contribution in [0.5, 0.6) is 0 Å². The fraction of sp³-hybridized carbons (Fsp3) is 0.440. The number of aryl methyl sites for hydroxylation is 1. The lowest BCUT2D eigenvalue weighted by atomic mass is 10.1. The summed E-state index contributed by atoms with van der Waals surface area (Å²) < 4.78 is 13.0. The van der Waals surface area contributed by atoms with Gasteiger partial charge in [0.2, 0.25) is 0 Å². The number of aromatic nitrogens is 3. The zero-order valence-electron chi connectivity index (χ0n) is 17.7. The zero-order valence-corrected chi connectivity index (χ0v) is 17.7. The highest BCUT2D eigenvalue weighted by Gasteiger charge is 2.56. The molecule has 6 nitrogen and oxygen atoms in total. The smallest absolute Gasteiger partial charge is 0.167 e. The molecule has 158 valence electrons. The molecule has 1 aliphatic carbocycles. The lowest BCUT2D eigenvalue weighted by Gasteiger charge is -2.35. The SMILES string of the molecule is CCc1nccn1Cc1cc(-c2ccc(C#C[C@@H]3[C@H]4CN(C5COC5)C[C@@H]34)cc2)on1. The summed E-state index contributed by atoms with van der Waals surface area (Å²) in [6, 6.07) is 10.9. The van der Waals surface area contributed by atoms with Crippen molar-refractivity contribution < 1.29 is 9.26 Å². The second-order valence-corrected chi connectivity index (χ2v) is 8.85. The molecule has 0 N–H and O–H groups in total. The zero-order chi connectivity index (χ0) is 20.8. The molecule has 3 aromatic rings. The Morgan fingerprint density at radius 3 is 2.65 bits per heavy atom. The molecule has 0 unspecified atom stereocenters. The lowest BCUT2D eigenvalue weighted by molar-refractivity contribution is -0.0612. The van der Waals surface area contributed by atoms with Crippen molar-refractivity contribution in [2.45, 2.75) is 25.9 Å². The minimum absolute atomic E-state index is 0.574. The van der Waals surface area contributed by atoms with Gasteiger partial charge < -0.3 is 13.8 Å². The predicted octanol–water partition coefficient (Wildman–Crippen LogP) is 3.08. The van der Waals surface area contributed by atoms with Crippen molar-refractivity contribution in [2.75, 3.05) is 26.3 Å². The molecule has 1 aromatic carbocycles. The summed E-state index contributed by atoms with van der Waals surface area (Å²) in [6.07, 6.45) is 4.71. The molecular formula is C25H26N4O2. The van der Waals surface area contributed by atoms with Gasteiger partial charge in [-0.1, -0.05) is 23.9 Å². The van der Waals surface area contributed by atoms with E-state index in [4.69, 9.17) is 9.26 Å². The molecule has 0 amide bonds. The van der Waals surface area contributed by atoms with E-state index >= 15 is 0 Å². The molecule has 3 atom stereocenters. The van der Waals surface area contributed by atoms with Crippen LogP contribution in [0.3, 0.4) is 0 Å². The molecule has 3 fully saturated rings. The number of ether oxygens (including phenoxy) is 1. The van der Waals surface area contributed by atoms with Gasteiger partial charge in [-0.3, -0.25) is 4.90 Å². The largest absolute Gasteiger partial charge is 0.378 e. The maximum Gasteiger partial charge on any atom is 0.167 e. The summed E-state index contributed by atoms with van der Waals surface area (Å²) in [4.78, 5) is 6.95. The van der Waals surface area contributed by atoms with Crippen LogP contribution in [0, 0.1) is 29.6 Å². The summed E-state index contributed by atoms with van der Waals surface area (Å²) >= 11 is 0. The van der Waals surface area contributed by atoms with Gasteiger partial charge in [0.15, 0.2) is 5.76 Å². The fourth-order valence-corrected chi connectivity index (χ4v) is 4.89. The van der Waals surface area contributed by atoms with Crippen LogP contribution in [0.1, 0.15) is 24.0 Å². The summed E-state index contributed by atoms with van der Waals surface area (Å²) in [7, 11) is 0. The average Bonchev–Trinajstić information content (AvgIpc) is 3.22. The molecule has 6 heteroatoms. The van der Waals surface area contributed by atoms with Crippen LogP contribution >= 0.6 is 0 Å². The molecule has 2 aliphatic heterocycles. The van der Waals surface area contributed by atoms with E-state index in [0.717, 1.165) is 59.9 Å². The molecule has 1 saturated carbocycles. The van der Waals surface area contributed by atoms with Gasteiger partial charge in [-0.25, -0.2) is 4.98 Å². The number of hydrogen-bond donors (Lipinski definition) is 0. The first-order valence-corrected chi connectivity index (χ1v) is 11.2. The summed E-state index contributed by atoms with van der Waals surface area (Å²) in [5.41, 5.74) is 2.98. The van der Waals surface area contributed by atoms with E-state index in [1.807, 2.05) is 18.5 Å². The monoisotopic (exact) mass is 414 g/mol. The van der Waals surface area contributed by atoms with E-state index in [9.17, 15) is 0 Å². The van der Waals surface area contributed by atoms with Crippen LogP contribution in [0.2, 0.25) is 0 Å². The van der Waals surface area contributed by atoms with Gasteiger partial charge >= 0.3 is 0 Å². The molecule has 0 spiro atoms. The Kier molecular flexibility index (Phi) is 4.66. The molecule has 4 heterocycles. The summed E-state index contributed by atoms with van der Waals surface area (Å²) in [5.74, 6) is 10.8. The highest BCUT2D eigenvalue weighted by atomic mass is 16.5. The standard InChI is InChI=1S/C25H26N4O2/c1-2-25-26-9-10-28(25)12-19-11-24(31-27-19)18-6-3-17(4-7-18)5-8-21-22-13-29(14-23(21)22)20-15-30-16-20/h3-4,6-7,9-11,20-23H,2,12-16H2,1H3/t21-,22-,23+. The Hall–Kier alpha value is -2.88. The first kappa shape index (κ1) is 18.9. The molecular weight excluding hydrogens is 388 g/mol. The summed E-state index contributed by atoms with van der Waals surface area (Å²) in [5, 5.41) is 4.23. The number of imidazole rings is 1. The fourth-order valence-electron chi connectivity index (χ4n) is 4.89. The number of likely N-dealkylation sites (tertiary alicyclic amines) is 1. The van der Waals surface area contributed by atoms with Crippen LogP contribution < -0.4 is 0 Å². The number of fused-ring (bicyclic) bond motifs is 1. The van der Waals surface area contributed by atoms with Crippen LogP contribution in [0.15, 0.2) is 47.2 Å². The van der Waals surface area contributed by atoms with Crippen molar-refractivity contribution in [1.82, 2.24) is 19.6 Å². The van der Waals surface area contributed by atoms with Crippen LogP contribution in [-0.2, 0) is 17.7 Å². The number of nitrogens with zero attached hydrogens (tertiary/aromatic N) is 4. The number of benzene rings is 1. The molecule has 6 rings (SSSR count). The average molecular weight is 415 g/mol. The minimum Gasteiger partial charge on any atom is -0.378 e. The van der Waals surface area contributed by atoms with Gasteiger partial charge in [0.1, 0.15) is 11.5 Å². The third-order valence-electron chi connectivity index (χ3n) is 6.92. The van der Waals surface area contributed by atoms with E-state index in [-0.39, 0.29) is 0 Å². The van der Waals surface area contributed by atoms with Crippen molar-refractivity contribution in [3.8, 4) is 23.2 Å². The van der Waals surface area contributed by atoms with Crippen molar-refractivity contribution in [2.24, 2.45) is 17.8 Å². The second-order valence-electron chi connectivity index (χ2n) is 8.85.